The average molecular weight is 394 g/mol. The highest BCUT2D eigenvalue weighted by atomic mass is 16.6. The number of carbonyl (C=O) groups is 3. The quantitative estimate of drug-likeness (QED) is 0.258. The van der Waals surface area contributed by atoms with E-state index in [1.165, 1.54) is 41.3 Å². The normalized spacial score (nSPS) is 21.0. The summed E-state index contributed by atoms with van der Waals surface area (Å²) >= 11 is 0. The molecule has 1 heterocycles. The minimum Gasteiger partial charge on any atom is -0.423 e. The van der Waals surface area contributed by atoms with Crippen molar-refractivity contribution in [1.29, 1.82) is 0 Å². The third-order valence-electron chi connectivity index (χ3n) is 5.44. The van der Waals surface area contributed by atoms with E-state index >= 15 is 0 Å². The van der Waals surface area contributed by atoms with Gasteiger partial charge in [0.1, 0.15) is 5.75 Å². The Morgan fingerprint density at radius 1 is 1.00 bits per heavy atom. The lowest BCUT2D eigenvalue weighted by Crippen LogP contribution is -2.31. The van der Waals surface area contributed by atoms with Crippen molar-refractivity contribution in [2.75, 3.05) is 4.90 Å². The zero-order valence-corrected chi connectivity index (χ0v) is 15.4. The summed E-state index contributed by atoms with van der Waals surface area (Å²) in [7, 11) is 0. The molecular weight excluding hydrogens is 376 g/mol. The molecule has 1 aliphatic carbocycles. The van der Waals surface area contributed by atoms with E-state index in [9.17, 15) is 24.5 Å². The molecule has 0 spiro atoms. The Kier molecular flexibility index (Phi) is 4.84. The van der Waals surface area contributed by atoms with E-state index in [1.54, 1.807) is 12.1 Å². The number of nitro benzene ring substituents is 1. The highest BCUT2D eigenvalue weighted by molar-refractivity contribution is 6.22. The number of rotatable bonds is 4. The predicted molar refractivity (Wildman–Crippen MR) is 102 cm³/mol. The number of esters is 1. The molecule has 0 radical (unpaired) electrons. The molecule has 2 aliphatic rings. The standard InChI is InChI=1S/C21H18N2O6/c24-19-17-6-1-2-7-18(17)20(25)22(19)15-5-3-4-13(12-15)21(26)29-16-10-8-14(9-11-16)23(27)28/h3-5,8-12,17-18H,1-2,6-7H2/t17-,18+. The Balaban J connectivity index is 1.54. The first-order valence-electron chi connectivity index (χ1n) is 9.40. The highest BCUT2D eigenvalue weighted by Crippen LogP contribution is 2.40. The van der Waals surface area contributed by atoms with Gasteiger partial charge in [-0.1, -0.05) is 18.9 Å². The Hall–Kier alpha value is -3.55. The number of anilines is 1. The zero-order valence-electron chi connectivity index (χ0n) is 15.4. The summed E-state index contributed by atoms with van der Waals surface area (Å²) < 4.78 is 5.25. The largest absolute Gasteiger partial charge is 0.423 e. The number of hydrogen-bond donors (Lipinski definition) is 0. The first kappa shape index (κ1) is 18.8. The molecule has 0 aromatic heterocycles. The number of nitro groups is 1. The molecule has 4 rings (SSSR count). The van der Waals surface area contributed by atoms with Crippen LogP contribution in [0, 0.1) is 22.0 Å². The number of fused-ring (bicyclic) bond motifs is 1. The molecule has 8 heteroatoms. The average Bonchev–Trinajstić information content (AvgIpc) is 2.99. The zero-order chi connectivity index (χ0) is 20.5. The molecule has 148 valence electrons. The summed E-state index contributed by atoms with van der Waals surface area (Å²) in [5.41, 5.74) is 0.420. The van der Waals surface area contributed by atoms with Crippen LogP contribution in [0.4, 0.5) is 11.4 Å². The molecular formula is C21H18N2O6. The maximum atomic E-state index is 12.7. The minimum absolute atomic E-state index is 0.112. The van der Waals surface area contributed by atoms with Gasteiger partial charge in [0.05, 0.1) is 28.0 Å². The van der Waals surface area contributed by atoms with Crippen molar-refractivity contribution < 1.29 is 24.0 Å². The van der Waals surface area contributed by atoms with E-state index in [4.69, 9.17) is 4.74 Å². The van der Waals surface area contributed by atoms with Gasteiger partial charge >= 0.3 is 5.97 Å². The van der Waals surface area contributed by atoms with Crippen molar-refractivity contribution in [1.82, 2.24) is 0 Å². The van der Waals surface area contributed by atoms with Crippen LogP contribution in [-0.4, -0.2) is 22.7 Å². The number of ether oxygens (including phenoxy) is 1. The number of benzene rings is 2. The lowest BCUT2D eigenvalue weighted by Gasteiger charge is -2.19. The summed E-state index contributed by atoms with van der Waals surface area (Å²) in [6, 6.07) is 11.3. The van der Waals surface area contributed by atoms with Gasteiger partial charge in [0.2, 0.25) is 11.8 Å². The van der Waals surface area contributed by atoms with E-state index in [-0.39, 0.29) is 40.7 Å². The van der Waals surface area contributed by atoms with Gasteiger partial charge in [-0.25, -0.2) is 4.79 Å². The van der Waals surface area contributed by atoms with Crippen molar-refractivity contribution in [3.8, 4) is 5.75 Å². The van der Waals surface area contributed by atoms with Crippen molar-refractivity contribution >= 4 is 29.2 Å². The Morgan fingerprint density at radius 2 is 1.62 bits per heavy atom. The SMILES string of the molecule is O=C(Oc1ccc([N+](=O)[O-])cc1)c1cccc(N2C(=O)[C@H]3CCCC[C@H]3C2=O)c1. The fourth-order valence-corrected chi connectivity index (χ4v) is 3.99. The predicted octanol–water partition coefficient (Wildman–Crippen LogP) is 3.49. The lowest BCUT2D eigenvalue weighted by molar-refractivity contribution is -0.384. The summed E-state index contributed by atoms with van der Waals surface area (Å²) in [6.07, 6.45) is 3.31. The molecule has 0 unspecified atom stereocenters. The van der Waals surface area contributed by atoms with Crippen LogP contribution in [0.5, 0.6) is 5.75 Å². The van der Waals surface area contributed by atoms with Crippen LogP contribution >= 0.6 is 0 Å². The Bertz CT molecular complexity index is 976. The number of hydrogen-bond acceptors (Lipinski definition) is 6. The lowest BCUT2D eigenvalue weighted by atomic mass is 9.81. The van der Waals surface area contributed by atoms with Crippen LogP contribution in [0.25, 0.3) is 0 Å². The van der Waals surface area contributed by atoms with Crippen LogP contribution in [-0.2, 0) is 9.59 Å². The Morgan fingerprint density at radius 3 is 2.21 bits per heavy atom. The molecule has 2 aromatic rings. The van der Waals surface area contributed by atoms with Gasteiger partial charge < -0.3 is 4.74 Å². The van der Waals surface area contributed by atoms with Crippen LogP contribution in [0.1, 0.15) is 36.0 Å². The number of nitrogens with zero attached hydrogens (tertiary/aromatic N) is 2. The summed E-state index contributed by atoms with van der Waals surface area (Å²) in [6.45, 7) is 0. The molecule has 8 nitrogen and oxygen atoms in total. The molecule has 2 aromatic carbocycles. The molecule has 29 heavy (non-hydrogen) atoms. The van der Waals surface area contributed by atoms with Crippen LogP contribution < -0.4 is 9.64 Å². The summed E-state index contributed by atoms with van der Waals surface area (Å²) in [5.74, 6) is -1.48. The van der Waals surface area contributed by atoms with Gasteiger partial charge in [0, 0.05) is 12.1 Å². The van der Waals surface area contributed by atoms with Crippen molar-refractivity contribution in [2.45, 2.75) is 25.7 Å². The van der Waals surface area contributed by atoms with Crippen molar-refractivity contribution in [3.63, 3.8) is 0 Å². The third kappa shape index (κ3) is 3.49. The second-order valence-corrected chi connectivity index (χ2v) is 7.20. The molecule has 2 atom stereocenters. The molecule has 0 bridgehead atoms. The van der Waals surface area contributed by atoms with Crippen LogP contribution in [0.3, 0.4) is 0 Å². The third-order valence-corrected chi connectivity index (χ3v) is 5.44. The smallest absolute Gasteiger partial charge is 0.343 e. The molecule has 2 fully saturated rings. The number of non-ortho nitro benzene ring substituents is 1. The number of amides is 2. The minimum atomic E-state index is -0.683. The first-order valence-corrected chi connectivity index (χ1v) is 9.40. The fraction of sp³-hybridized carbons (Fsp3) is 0.286. The monoisotopic (exact) mass is 394 g/mol. The van der Waals surface area contributed by atoms with E-state index in [1.807, 2.05) is 0 Å². The number of imide groups is 1. The van der Waals surface area contributed by atoms with Gasteiger partial charge in [-0.2, -0.15) is 0 Å². The van der Waals surface area contributed by atoms with Gasteiger partial charge in [0.15, 0.2) is 0 Å². The first-order chi connectivity index (χ1) is 14.0. The van der Waals surface area contributed by atoms with Gasteiger partial charge in [-0.05, 0) is 43.2 Å². The van der Waals surface area contributed by atoms with Gasteiger partial charge in [0.25, 0.3) is 5.69 Å². The van der Waals surface area contributed by atoms with Crippen molar-refractivity contribution in [3.05, 3.63) is 64.2 Å². The number of carbonyl (C=O) groups excluding carboxylic acids is 3. The van der Waals surface area contributed by atoms with Crippen LogP contribution in [0.15, 0.2) is 48.5 Å². The van der Waals surface area contributed by atoms with E-state index in [0.717, 1.165) is 12.8 Å². The molecule has 1 saturated carbocycles. The fourth-order valence-electron chi connectivity index (χ4n) is 3.99. The molecule has 1 aliphatic heterocycles. The van der Waals surface area contributed by atoms with Crippen molar-refractivity contribution in [2.24, 2.45) is 11.8 Å². The topological polar surface area (TPSA) is 107 Å². The van der Waals surface area contributed by atoms with Gasteiger partial charge in [-0.15, -0.1) is 0 Å². The van der Waals surface area contributed by atoms with E-state index in [2.05, 4.69) is 0 Å². The van der Waals surface area contributed by atoms with E-state index in [0.29, 0.717) is 18.5 Å². The molecule has 0 N–H and O–H groups in total. The second kappa shape index (κ2) is 7.46. The molecule has 1 saturated heterocycles. The van der Waals surface area contributed by atoms with Crippen LogP contribution in [0.2, 0.25) is 0 Å². The summed E-state index contributed by atoms with van der Waals surface area (Å²) in [5, 5.41) is 10.7. The summed E-state index contributed by atoms with van der Waals surface area (Å²) in [4.78, 5) is 49.3. The second-order valence-electron chi connectivity index (χ2n) is 7.20. The molecule has 2 amide bonds. The van der Waals surface area contributed by atoms with Gasteiger partial charge in [-0.3, -0.25) is 24.6 Å². The van der Waals surface area contributed by atoms with E-state index < -0.39 is 10.9 Å². The maximum absolute atomic E-state index is 12.7. The Labute approximate surface area is 166 Å². The highest BCUT2D eigenvalue weighted by Gasteiger charge is 2.48. The maximum Gasteiger partial charge on any atom is 0.343 e.